The first-order valence-electron chi connectivity index (χ1n) is 9.85. The Balaban J connectivity index is 1.56. The quantitative estimate of drug-likeness (QED) is 0.671. The maximum Gasteiger partial charge on any atom is 0.222 e. The molecule has 9 heteroatoms. The van der Waals surface area contributed by atoms with Gasteiger partial charge in [-0.1, -0.05) is 6.07 Å². The molecule has 0 radical (unpaired) electrons. The second-order valence-electron chi connectivity index (χ2n) is 7.49. The lowest BCUT2D eigenvalue weighted by Gasteiger charge is -2.26. The number of morpholine rings is 1. The van der Waals surface area contributed by atoms with Crippen LogP contribution in [-0.4, -0.2) is 60.2 Å². The van der Waals surface area contributed by atoms with Gasteiger partial charge in [0.05, 0.1) is 31.1 Å². The third kappa shape index (κ3) is 3.75. The predicted molar refractivity (Wildman–Crippen MR) is 116 cm³/mol. The van der Waals surface area contributed by atoms with Crippen LogP contribution in [0.5, 0.6) is 0 Å². The molecule has 0 aliphatic carbocycles. The zero-order chi connectivity index (χ0) is 19.8. The van der Waals surface area contributed by atoms with Crippen LogP contribution in [0.1, 0.15) is 12.2 Å². The number of carbonyl (C=O) groups excluding carboxylic acids is 1. The van der Waals surface area contributed by atoms with Crippen LogP contribution in [0.15, 0.2) is 22.9 Å². The van der Waals surface area contributed by atoms with Crippen LogP contribution in [0.25, 0.3) is 20.7 Å². The molecule has 5 heterocycles. The van der Waals surface area contributed by atoms with Gasteiger partial charge in [-0.2, -0.15) is 0 Å². The van der Waals surface area contributed by atoms with Crippen LogP contribution in [0.3, 0.4) is 0 Å². The van der Waals surface area contributed by atoms with E-state index in [1.807, 2.05) is 0 Å². The van der Waals surface area contributed by atoms with Gasteiger partial charge in [0.25, 0.3) is 0 Å². The van der Waals surface area contributed by atoms with Gasteiger partial charge in [0.15, 0.2) is 0 Å². The van der Waals surface area contributed by atoms with Crippen molar-refractivity contribution in [2.24, 2.45) is 11.7 Å². The standard InChI is InChI=1S/C20H23N5O2S2/c21-18(26)13-3-4-25(10-13)19-17-14(15-2-1-9-28-15)12-29-20(17)23-16(22-19)11-24-5-7-27-8-6-24/h1-2,9,12-13H,3-8,10-11H2,(H2,21,26). The van der Waals surface area contributed by atoms with Crippen molar-refractivity contribution >= 4 is 44.6 Å². The average molecular weight is 430 g/mol. The molecule has 2 N–H and O–H groups in total. The molecule has 2 aliphatic rings. The first-order valence-corrected chi connectivity index (χ1v) is 11.6. The van der Waals surface area contributed by atoms with Gasteiger partial charge in [0.2, 0.25) is 5.91 Å². The maximum absolute atomic E-state index is 11.7. The molecule has 0 spiro atoms. The Morgan fingerprint density at radius 3 is 2.83 bits per heavy atom. The van der Waals surface area contributed by atoms with Gasteiger partial charge in [0, 0.05) is 42.0 Å². The summed E-state index contributed by atoms with van der Waals surface area (Å²) in [5.74, 6) is 1.42. The topological polar surface area (TPSA) is 84.6 Å². The van der Waals surface area contributed by atoms with Gasteiger partial charge in [-0.15, -0.1) is 22.7 Å². The minimum atomic E-state index is -0.227. The Morgan fingerprint density at radius 2 is 2.10 bits per heavy atom. The molecule has 1 amide bonds. The van der Waals surface area contributed by atoms with Crippen LogP contribution >= 0.6 is 22.7 Å². The van der Waals surface area contributed by atoms with E-state index in [2.05, 4.69) is 32.7 Å². The molecule has 152 valence electrons. The number of nitrogens with two attached hydrogens (primary N) is 1. The SMILES string of the molecule is NC(=O)C1CCN(c2nc(CN3CCOCC3)nc3scc(-c4cccs4)c23)C1. The van der Waals surface area contributed by atoms with E-state index in [0.717, 1.165) is 61.1 Å². The number of nitrogens with zero attached hydrogens (tertiary/aromatic N) is 4. The predicted octanol–water partition coefficient (Wildman–Crippen LogP) is 2.56. The minimum Gasteiger partial charge on any atom is -0.379 e. The number of thiophene rings is 2. The summed E-state index contributed by atoms with van der Waals surface area (Å²) in [6.45, 7) is 5.43. The van der Waals surface area contributed by atoms with Crippen LogP contribution in [0.4, 0.5) is 5.82 Å². The molecule has 0 aromatic carbocycles. The van der Waals surface area contributed by atoms with Crippen molar-refractivity contribution in [3.8, 4) is 10.4 Å². The van der Waals surface area contributed by atoms with E-state index in [1.165, 1.54) is 10.4 Å². The molecular formula is C20H23N5O2S2. The van der Waals surface area contributed by atoms with Crippen LogP contribution < -0.4 is 10.6 Å². The van der Waals surface area contributed by atoms with Crippen molar-refractivity contribution in [1.29, 1.82) is 0 Å². The monoisotopic (exact) mass is 429 g/mol. The van der Waals surface area contributed by atoms with Gasteiger partial charge in [-0.3, -0.25) is 9.69 Å². The van der Waals surface area contributed by atoms with E-state index in [0.29, 0.717) is 13.1 Å². The van der Waals surface area contributed by atoms with Gasteiger partial charge >= 0.3 is 0 Å². The lowest BCUT2D eigenvalue weighted by molar-refractivity contribution is -0.121. The first kappa shape index (κ1) is 18.9. The number of rotatable bonds is 5. The highest BCUT2D eigenvalue weighted by Crippen LogP contribution is 2.41. The van der Waals surface area contributed by atoms with Crippen LogP contribution in [-0.2, 0) is 16.1 Å². The lowest BCUT2D eigenvalue weighted by Crippen LogP contribution is -2.36. The number of carbonyl (C=O) groups is 1. The second kappa shape index (κ2) is 7.98. The Kier molecular flexibility index (Phi) is 5.21. The van der Waals surface area contributed by atoms with E-state index in [4.69, 9.17) is 20.4 Å². The van der Waals surface area contributed by atoms with Crippen LogP contribution in [0, 0.1) is 5.92 Å². The third-order valence-corrected chi connectivity index (χ3v) is 7.38. The summed E-state index contributed by atoms with van der Waals surface area (Å²) in [5.41, 5.74) is 6.75. The summed E-state index contributed by atoms with van der Waals surface area (Å²) >= 11 is 3.38. The molecule has 3 aromatic heterocycles. The summed E-state index contributed by atoms with van der Waals surface area (Å²) in [5, 5.41) is 5.35. The van der Waals surface area contributed by atoms with Crippen molar-refractivity contribution in [1.82, 2.24) is 14.9 Å². The number of aromatic nitrogens is 2. The number of amides is 1. The molecule has 1 atom stereocenters. The van der Waals surface area contributed by atoms with Crippen molar-refractivity contribution in [2.45, 2.75) is 13.0 Å². The number of hydrogen-bond donors (Lipinski definition) is 1. The summed E-state index contributed by atoms with van der Waals surface area (Å²) in [4.78, 5) is 28.4. The van der Waals surface area contributed by atoms with Crippen LogP contribution in [0.2, 0.25) is 0 Å². The number of hydrogen-bond acceptors (Lipinski definition) is 8. The normalized spacial score (nSPS) is 20.6. The van der Waals surface area contributed by atoms with Gasteiger partial charge in [0.1, 0.15) is 16.5 Å². The largest absolute Gasteiger partial charge is 0.379 e. The molecule has 2 saturated heterocycles. The van der Waals surface area contributed by atoms with Gasteiger partial charge in [-0.05, 0) is 17.9 Å². The number of primary amides is 1. The van der Waals surface area contributed by atoms with E-state index in [1.54, 1.807) is 22.7 Å². The molecule has 29 heavy (non-hydrogen) atoms. The lowest BCUT2D eigenvalue weighted by atomic mass is 10.1. The van der Waals surface area contributed by atoms with Crippen molar-refractivity contribution in [3.05, 3.63) is 28.7 Å². The average Bonchev–Trinajstić information content (AvgIpc) is 3.47. The van der Waals surface area contributed by atoms with E-state index < -0.39 is 0 Å². The third-order valence-electron chi connectivity index (χ3n) is 5.61. The molecular weight excluding hydrogens is 406 g/mol. The summed E-state index contributed by atoms with van der Waals surface area (Å²) < 4.78 is 5.46. The molecule has 5 rings (SSSR count). The molecule has 2 aliphatic heterocycles. The van der Waals surface area contributed by atoms with Gasteiger partial charge < -0.3 is 15.4 Å². The first-order chi connectivity index (χ1) is 14.2. The van der Waals surface area contributed by atoms with Crippen molar-refractivity contribution in [3.63, 3.8) is 0 Å². The molecule has 1 unspecified atom stereocenters. The maximum atomic E-state index is 11.7. The minimum absolute atomic E-state index is 0.119. The Morgan fingerprint density at radius 1 is 1.24 bits per heavy atom. The molecule has 2 fully saturated rings. The fraction of sp³-hybridized carbons (Fsp3) is 0.450. The second-order valence-corrected chi connectivity index (χ2v) is 9.30. The zero-order valence-electron chi connectivity index (χ0n) is 16.0. The number of anilines is 1. The summed E-state index contributed by atoms with van der Waals surface area (Å²) in [7, 11) is 0. The summed E-state index contributed by atoms with van der Waals surface area (Å²) in [6, 6.07) is 4.20. The van der Waals surface area contributed by atoms with Gasteiger partial charge in [-0.25, -0.2) is 9.97 Å². The number of fused-ring (bicyclic) bond motifs is 1. The van der Waals surface area contributed by atoms with E-state index in [9.17, 15) is 4.79 Å². The Bertz CT molecular complexity index is 1010. The molecule has 3 aromatic rings. The van der Waals surface area contributed by atoms with E-state index >= 15 is 0 Å². The fourth-order valence-electron chi connectivity index (χ4n) is 4.02. The summed E-state index contributed by atoms with van der Waals surface area (Å²) in [6.07, 6.45) is 0.776. The highest BCUT2D eigenvalue weighted by molar-refractivity contribution is 7.18. The van der Waals surface area contributed by atoms with Crippen molar-refractivity contribution < 1.29 is 9.53 Å². The smallest absolute Gasteiger partial charge is 0.222 e. The zero-order valence-corrected chi connectivity index (χ0v) is 17.7. The highest BCUT2D eigenvalue weighted by Gasteiger charge is 2.30. The fourth-order valence-corrected chi connectivity index (χ4v) is 5.80. The van der Waals surface area contributed by atoms with Crippen molar-refractivity contribution in [2.75, 3.05) is 44.3 Å². The molecule has 7 nitrogen and oxygen atoms in total. The molecule has 0 bridgehead atoms. The highest BCUT2D eigenvalue weighted by atomic mass is 32.1. The number of ether oxygens (including phenoxy) is 1. The Hall–Kier alpha value is -2.07. The molecule has 0 saturated carbocycles. The Labute approximate surface area is 177 Å². The van der Waals surface area contributed by atoms with E-state index in [-0.39, 0.29) is 11.8 Å².